The van der Waals surface area contributed by atoms with E-state index in [9.17, 15) is 45.1 Å². The maximum absolute atomic E-state index is 14.8. The van der Waals surface area contributed by atoms with E-state index in [-0.39, 0.29) is 22.5 Å². The van der Waals surface area contributed by atoms with Gasteiger partial charge >= 0.3 is 6.18 Å². The zero-order valence-electron chi connectivity index (χ0n) is 30.3. The summed E-state index contributed by atoms with van der Waals surface area (Å²) in [7, 11) is 0. The zero-order valence-corrected chi connectivity index (χ0v) is 31.1. The van der Waals surface area contributed by atoms with Crippen molar-refractivity contribution in [3.8, 4) is 5.75 Å². The van der Waals surface area contributed by atoms with Crippen molar-refractivity contribution < 1.29 is 49.9 Å². The molecule has 300 valence electrons. The number of carbonyl (C=O) groups excluding carboxylic acids is 3. The van der Waals surface area contributed by atoms with Gasteiger partial charge in [0.05, 0.1) is 0 Å². The van der Waals surface area contributed by atoms with E-state index in [2.05, 4.69) is 10.6 Å². The number of carbonyl (C=O) groups is 3. The Morgan fingerprint density at radius 3 is 1.88 bits per heavy atom. The van der Waals surface area contributed by atoms with Crippen molar-refractivity contribution >= 4 is 46.9 Å². The molecule has 7 nitrogen and oxygen atoms in total. The molecule has 0 bridgehead atoms. The summed E-state index contributed by atoms with van der Waals surface area (Å²) in [5.74, 6) is -12.3. The average Bonchev–Trinajstić information content (AvgIpc) is 3.23. The summed E-state index contributed by atoms with van der Waals surface area (Å²) in [5.41, 5.74) is -2.46. The van der Waals surface area contributed by atoms with Gasteiger partial charge in [0, 0.05) is 16.1 Å². The summed E-state index contributed by atoms with van der Waals surface area (Å²) < 4.78 is 104. The quantitative estimate of drug-likeness (QED) is 0.0466. The van der Waals surface area contributed by atoms with Gasteiger partial charge in [-0.1, -0.05) is 97.1 Å². The number of nitrogens with one attached hydrogen (secondary N) is 3. The van der Waals surface area contributed by atoms with E-state index < -0.39 is 63.7 Å². The van der Waals surface area contributed by atoms with Gasteiger partial charge in [-0.2, -0.15) is 13.2 Å². The van der Waals surface area contributed by atoms with E-state index in [1.165, 1.54) is 54.6 Å². The topological polar surface area (TPSA) is 96.5 Å². The highest BCUT2D eigenvalue weighted by Gasteiger charge is 2.43. The second-order valence-corrected chi connectivity index (χ2v) is 13.8. The fraction of sp³-hybridized carbons (Fsp3) is 0.0682. The molecule has 3 N–H and O–H groups in total. The molecular weight excluding hydrogens is 800 g/mol. The molecule has 0 aliphatic rings. The van der Waals surface area contributed by atoms with Crippen LogP contribution in [0.4, 0.5) is 42.1 Å². The lowest BCUT2D eigenvalue weighted by Crippen LogP contribution is -2.30. The number of rotatable bonds is 13. The standard InChI is InChI=1S/C44H30F7N3O4S/c45-35-34(44(49,50)51)36(46)38(48)39(37(35)47)54-43(57)40(28-13-6-2-7-14-28)59-32-18-10-17-30(24-32)52-42(56)33(53-41(55)29-15-8-3-9-16-29)23-26-19-21-31(22-20-26)58-25-27-11-4-1-5-12-27/h1-24,40H,25H2,(H,52,56)(H,53,55)(H,54,57)/b33-23+. The third-order valence-electron chi connectivity index (χ3n) is 8.45. The number of benzene rings is 6. The summed E-state index contributed by atoms with van der Waals surface area (Å²) >= 11 is 0.789. The average molecular weight is 830 g/mol. The number of hydrogen-bond acceptors (Lipinski definition) is 5. The van der Waals surface area contributed by atoms with Crippen molar-refractivity contribution in [2.75, 3.05) is 10.6 Å². The molecule has 0 aromatic heterocycles. The molecule has 0 radical (unpaired) electrons. The lowest BCUT2D eigenvalue weighted by molar-refractivity contribution is -0.143. The molecule has 0 heterocycles. The lowest BCUT2D eigenvalue weighted by atomic mass is 10.1. The molecule has 0 aliphatic heterocycles. The maximum Gasteiger partial charge on any atom is 0.422 e. The minimum absolute atomic E-state index is 0.142. The number of anilines is 2. The predicted molar refractivity (Wildman–Crippen MR) is 209 cm³/mol. The first-order chi connectivity index (χ1) is 28.3. The molecule has 0 saturated carbocycles. The Morgan fingerprint density at radius 1 is 0.678 bits per heavy atom. The molecule has 59 heavy (non-hydrogen) atoms. The minimum atomic E-state index is -5.77. The van der Waals surface area contributed by atoms with Gasteiger partial charge < -0.3 is 20.7 Å². The van der Waals surface area contributed by atoms with Gasteiger partial charge in [0.15, 0.2) is 23.3 Å². The third kappa shape index (κ3) is 10.6. The fourth-order valence-corrected chi connectivity index (χ4v) is 6.66. The lowest BCUT2D eigenvalue weighted by Gasteiger charge is -2.19. The highest BCUT2D eigenvalue weighted by molar-refractivity contribution is 8.00. The molecular formula is C44H30F7N3O4S. The minimum Gasteiger partial charge on any atom is -0.489 e. The highest BCUT2D eigenvalue weighted by atomic mass is 32.2. The normalized spacial score (nSPS) is 12.0. The first kappa shape index (κ1) is 41.8. The van der Waals surface area contributed by atoms with E-state index in [1.807, 2.05) is 30.3 Å². The van der Waals surface area contributed by atoms with Crippen molar-refractivity contribution in [2.45, 2.75) is 22.9 Å². The molecule has 6 rings (SSSR count). The van der Waals surface area contributed by atoms with Crippen LogP contribution in [0.15, 0.2) is 150 Å². The molecule has 6 aromatic rings. The molecule has 6 aromatic carbocycles. The van der Waals surface area contributed by atoms with E-state index in [1.54, 1.807) is 66.0 Å². The van der Waals surface area contributed by atoms with Crippen LogP contribution in [-0.2, 0) is 22.4 Å². The number of hydrogen-bond donors (Lipinski definition) is 3. The summed E-state index contributed by atoms with van der Waals surface area (Å²) in [6.45, 7) is 0.334. The van der Waals surface area contributed by atoms with Gasteiger partial charge in [-0.25, -0.2) is 17.6 Å². The van der Waals surface area contributed by atoms with E-state index in [4.69, 9.17) is 4.74 Å². The molecule has 0 fully saturated rings. The fourth-order valence-electron chi connectivity index (χ4n) is 5.57. The van der Waals surface area contributed by atoms with Crippen LogP contribution in [0, 0.1) is 23.3 Å². The smallest absolute Gasteiger partial charge is 0.422 e. The number of halogens is 7. The van der Waals surface area contributed by atoms with Crippen LogP contribution in [0.2, 0.25) is 0 Å². The van der Waals surface area contributed by atoms with Gasteiger partial charge in [0.2, 0.25) is 5.91 Å². The van der Waals surface area contributed by atoms with Crippen LogP contribution in [-0.4, -0.2) is 17.7 Å². The summed E-state index contributed by atoms with van der Waals surface area (Å²) in [6.07, 6.45) is -4.31. The SMILES string of the molecule is O=C(Nc1cccc(SC(C(=O)Nc2c(F)c(F)c(C(F)(F)F)c(F)c2F)c2ccccc2)c1)/C(=C\c1ccc(OCc2ccccc2)cc1)NC(=O)c1ccccc1. The van der Waals surface area contributed by atoms with Crippen molar-refractivity contribution in [1.82, 2.24) is 5.32 Å². The first-order valence-electron chi connectivity index (χ1n) is 17.5. The molecule has 1 unspecified atom stereocenters. The Kier molecular flexibility index (Phi) is 13.2. The van der Waals surface area contributed by atoms with E-state index >= 15 is 0 Å². The van der Waals surface area contributed by atoms with Crippen LogP contribution in [0.1, 0.15) is 37.9 Å². The van der Waals surface area contributed by atoms with Crippen LogP contribution in [0.5, 0.6) is 5.75 Å². The Labute approximate surface area is 336 Å². The molecule has 0 spiro atoms. The Balaban J connectivity index is 1.24. The molecule has 15 heteroatoms. The predicted octanol–water partition coefficient (Wildman–Crippen LogP) is 10.7. The second-order valence-electron chi connectivity index (χ2n) is 12.6. The molecule has 3 amide bonds. The second kappa shape index (κ2) is 18.6. The first-order valence-corrected chi connectivity index (χ1v) is 18.4. The summed E-state index contributed by atoms with van der Waals surface area (Å²) in [5, 5.41) is 5.66. The largest absolute Gasteiger partial charge is 0.489 e. The van der Waals surface area contributed by atoms with Crippen molar-refractivity contribution in [1.29, 1.82) is 0 Å². The van der Waals surface area contributed by atoms with Gasteiger partial charge in [-0.15, -0.1) is 11.8 Å². The van der Waals surface area contributed by atoms with Crippen LogP contribution >= 0.6 is 11.8 Å². The number of ether oxygens (including phenoxy) is 1. The van der Waals surface area contributed by atoms with Crippen molar-refractivity contribution in [3.05, 3.63) is 196 Å². The van der Waals surface area contributed by atoms with Gasteiger partial charge in [-0.05, 0) is 65.2 Å². The molecule has 0 saturated heterocycles. The summed E-state index contributed by atoms with van der Waals surface area (Å²) in [4.78, 5) is 40.8. The van der Waals surface area contributed by atoms with Crippen LogP contribution < -0.4 is 20.7 Å². The Morgan fingerprint density at radius 2 is 1.27 bits per heavy atom. The van der Waals surface area contributed by atoms with Crippen LogP contribution in [0.3, 0.4) is 0 Å². The monoisotopic (exact) mass is 829 g/mol. The van der Waals surface area contributed by atoms with Gasteiger partial charge in [-0.3, -0.25) is 14.4 Å². The molecule has 1 atom stereocenters. The van der Waals surface area contributed by atoms with Gasteiger partial charge in [0.1, 0.15) is 34.6 Å². The summed E-state index contributed by atoms with van der Waals surface area (Å²) in [6, 6.07) is 38.1. The molecule has 0 aliphatic carbocycles. The van der Waals surface area contributed by atoms with Crippen molar-refractivity contribution in [2.24, 2.45) is 0 Å². The van der Waals surface area contributed by atoms with Crippen LogP contribution in [0.25, 0.3) is 6.08 Å². The van der Waals surface area contributed by atoms with E-state index in [0.29, 0.717) is 22.8 Å². The highest BCUT2D eigenvalue weighted by Crippen LogP contribution is 2.41. The third-order valence-corrected chi connectivity index (χ3v) is 9.70. The Bertz CT molecular complexity index is 2460. The zero-order chi connectivity index (χ0) is 42.1. The van der Waals surface area contributed by atoms with E-state index in [0.717, 1.165) is 17.3 Å². The van der Waals surface area contributed by atoms with Gasteiger partial charge in [0.25, 0.3) is 11.8 Å². The number of alkyl halides is 3. The number of thioether (sulfide) groups is 1. The number of amides is 3. The van der Waals surface area contributed by atoms with Crippen molar-refractivity contribution in [3.63, 3.8) is 0 Å². The Hall–Kier alpha value is -6.87. The maximum atomic E-state index is 14.8.